The van der Waals surface area contributed by atoms with Gasteiger partial charge in [-0.05, 0) is 32.1 Å². The monoisotopic (exact) mass is 419 g/mol. The number of carbonyl (C=O) groups is 2. The van der Waals surface area contributed by atoms with Crippen LogP contribution in [0.3, 0.4) is 0 Å². The summed E-state index contributed by atoms with van der Waals surface area (Å²) in [4.78, 5) is 37.0. The zero-order chi connectivity index (χ0) is 21.1. The lowest BCUT2D eigenvalue weighted by Crippen LogP contribution is -2.42. The maximum atomic E-state index is 13.2. The molecule has 1 aromatic heterocycles. The summed E-state index contributed by atoms with van der Waals surface area (Å²) < 4.78 is 0. The van der Waals surface area contributed by atoms with Gasteiger partial charge in [0.15, 0.2) is 5.78 Å². The number of Topliss-reactive ketones (excluding diaryl/α,β-unsaturated/α-hetero) is 1. The van der Waals surface area contributed by atoms with Gasteiger partial charge in [0, 0.05) is 40.7 Å². The van der Waals surface area contributed by atoms with Crippen LogP contribution in [0.4, 0.5) is 0 Å². The van der Waals surface area contributed by atoms with Crippen LogP contribution in [0.15, 0.2) is 59.5 Å². The molecule has 0 saturated carbocycles. The Morgan fingerprint density at radius 3 is 2.60 bits per heavy atom. The Balaban J connectivity index is 1.53. The Morgan fingerprint density at radius 2 is 1.83 bits per heavy atom. The Labute approximate surface area is 180 Å². The molecule has 0 aliphatic carbocycles. The van der Waals surface area contributed by atoms with Crippen LogP contribution in [0.1, 0.15) is 39.4 Å². The number of carbonyl (C=O) groups excluding carboxylic acids is 2. The Kier molecular flexibility index (Phi) is 6.04. The summed E-state index contributed by atoms with van der Waals surface area (Å²) in [7, 11) is 0. The number of piperidine rings is 1. The van der Waals surface area contributed by atoms with Crippen LogP contribution in [0.5, 0.6) is 0 Å². The molecule has 2 aromatic carbocycles. The summed E-state index contributed by atoms with van der Waals surface area (Å²) in [6.45, 7) is 2.96. The van der Waals surface area contributed by atoms with E-state index in [1.807, 2.05) is 67.8 Å². The highest BCUT2D eigenvalue weighted by Gasteiger charge is 2.31. The normalized spacial score (nSPS) is 16.5. The summed E-state index contributed by atoms with van der Waals surface area (Å²) in [5.74, 6) is 0.529. The van der Waals surface area contributed by atoms with Gasteiger partial charge in [0.25, 0.3) is 5.91 Å². The predicted molar refractivity (Wildman–Crippen MR) is 120 cm³/mol. The number of aromatic nitrogens is 2. The summed E-state index contributed by atoms with van der Waals surface area (Å²) in [5.41, 5.74) is 2.89. The van der Waals surface area contributed by atoms with Crippen molar-refractivity contribution in [3.63, 3.8) is 0 Å². The summed E-state index contributed by atoms with van der Waals surface area (Å²) in [5, 5.41) is 0. The van der Waals surface area contributed by atoms with E-state index in [0.717, 1.165) is 34.6 Å². The first-order valence-corrected chi connectivity index (χ1v) is 11.4. The quantitative estimate of drug-likeness (QED) is 0.475. The number of aromatic amines is 1. The molecule has 154 valence electrons. The molecule has 1 aliphatic heterocycles. The third-order valence-electron chi connectivity index (χ3n) is 5.59. The molecule has 30 heavy (non-hydrogen) atoms. The number of hydrogen-bond donors (Lipinski definition) is 1. The van der Waals surface area contributed by atoms with Crippen LogP contribution in [0.25, 0.3) is 11.4 Å². The van der Waals surface area contributed by atoms with Gasteiger partial charge in [0.05, 0.1) is 0 Å². The van der Waals surface area contributed by atoms with Gasteiger partial charge in [-0.3, -0.25) is 9.59 Å². The van der Waals surface area contributed by atoms with E-state index >= 15 is 0 Å². The van der Waals surface area contributed by atoms with Gasteiger partial charge in [-0.1, -0.05) is 48.5 Å². The van der Waals surface area contributed by atoms with E-state index in [9.17, 15) is 9.59 Å². The number of amides is 1. The van der Waals surface area contributed by atoms with Gasteiger partial charge >= 0.3 is 0 Å². The fraction of sp³-hybridized carbons (Fsp3) is 0.292. The second-order valence-electron chi connectivity index (χ2n) is 7.58. The molecule has 6 heteroatoms. The average molecular weight is 420 g/mol. The molecule has 0 radical (unpaired) electrons. The number of thioether (sulfide) groups is 1. The van der Waals surface area contributed by atoms with Gasteiger partial charge in [-0.25, -0.2) is 4.98 Å². The predicted octanol–water partition coefficient (Wildman–Crippen LogP) is 4.84. The lowest BCUT2D eigenvalue weighted by molar-refractivity contribution is 0.0631. The van der Waals surface area contributed by atoms with Crippen molar-refractivity contribution >= 4 is 23.5 Å². The van der Waals surface area contributed by atoms with Crippen LogP contribution < -0.4 is 0 Å². The molecule has 1 amide bonds. The lowest BCUT2D eigenvalue weighted by atomic mass is 9.90. The molecule has 0 bridgehead atoms. The van der Waals surface area contributed by atoms with Gasteiger partial charge in [-0.2, -0.15) is 0 Å². The number of likely N-dealkylation sites (tertiary alicyclic amines) is 1. The highest BCUT2D eigenvalue weighted by Crippen LogP contribution is 2.28. The molecule has 1 aliphatic rings. The van der Waals surface area contributed by atoms with Gasteiger partial charge in [0.1, 0.15) is 11.5 Å². The van der Waals surface area contributed by atoms with Crippen LogP contribution >= 0.6 is 11.8 Å². The summed E-state index contributed by atoms with van der Waals surface area (Å²) in [6.07, 6.45) is 3.60. The topological polar surface area (TPSA) is 66.1 Å². The number of nitrogens with zero attached hydrogens (tertiary/aromatic N) is 2. The van der Waals surface area contributed by atoms with Crippen molar-refractivity contribution in [1.29, 1.82) is 0 Å². The first-order valence-electron chi connectivity index (χ1n) is 10.2. The largest absolute Gasteiger partial charge is 0.341 e. The molecular weight excluding hydrogens is 394 g/mol. The number of imidazole rings is 1. The maximum absolute atomic E-state index is 13.2. The smallest absolute Gasteiger partial charge is 0.274 e. The van der Waals surface area contributed by atoms with E-state index in [1.54, 1.807) is 16.7 Å². The van der Waals surface area contributed by atoms with Crippen LogP contribution in [-0.4, -0.2) is 45.9 Å². The molecule has 0 spiro atoms. The average Bonchev–Trinajstić information content (AvgIpc) is 3.20. The van der Waals surface area contributed by atoms with Crippen molar-refractivity contribution < 1.29 is 9.59 Å². The van der Waals surface area contributed by atoms with Crippen molar-refractivity contribution in [2.45, 2.75) is 24.7 Å². The van der Waals surface area contributed by atoms with Crippen molar-refractivity contribution in [2.24, 2.45) is 5.92 Å². The molecule has 5 nitrogen and oxygen atoms in total. The van der Waals surface area contributed by atoms with Crippen molar-refractivity contribution in [3.05, 3.63) is 71.5 Å². The Morgan fingerprint density at radius 1 is 1.10 bits per heavy atom. The van der Waals surface area contributed by atoms with E-state index in [4.69, 9.17) is 0 Å². The number of ketones is 1. The molecule has 1 N–H and O–H groups in total. The molecule has 4 rings (SSSR count). The molecule has 0 unspecified atom stereocenters. The second-order valence-corrected chi connectivity index (χ2v) is 8.43. The zero-order valence-corrected chi connectivity index (χ0v) is 18.0. The minimum absolute atomic E-state index is 0.110. The number of H-pyrrole nitrogens is 1. The molecule has 2 heterocycles. The van der Waals surface area contributed by atoms with E-state index in [2.05, 4.69) is 9.97 Å². The van der Waals surface area contributed by atoms with E-state index in [-0.39, 0.29) is 17.6 Å². The second kappa shape index (κ2) is 8.88. The number of hydrogen-bond acceptors (Lipinski definition) is 4. The van der Waals surface area contributed by atoms with E-state index in [0.29, 0.717) is 24.6 Å². The first-order chi connectivity index (χ1) is 14.6. The van der Waals surface area contributed by atoms with Gasteiger partial charge in [-0.15, -0.1) is 11.8 Å². The van der Waals surface area contributed by atoms with Crippen molar-refractivity contribution in [3.8, 4) is 11.4 Å². The van der Waals surface area contributed by atoms with E-state index < -0.39 is 0 Å². The molecule has 1 atom stereocenters. The van der Waals surface area contributed by atoms with Crippen molar-refractivity contribution in [2.75, 3.05) is 19.3 Å². The number of benzene rings is 2. The standard InChI is InChI=1S/C24H25N3O2S/c1-16-21(26-23(25-16)17-9-4-3-5-10-17)24(29)27-14-8-11-18(15-27)22(28)19-12-6-7-13-20(19)30-2/h3-7,9-10,12-13,18H,8,11,14-15H2,1-2H3,(H,25,26)/t18-/m0/s1. The molecular formula is C24H25N3O2S. The zero-order valence-electron chi connectivity index (χ0n) is 17.2. The SMILES string of the molecule is CSc1ccccc1C(=O)[C@H]1CCCN(C(=O)c2nc(-c3ccccc3)[nH]c2C)C1. The Bertz CT molecular complexity index is 1060. The number of nitrogens with one attached hydrogen (secondary N) is 1. The highest BCUT2D eigenvalue weighted by molar-refractivity contribution is 7.98. The maximum Gasteiger partial charge on any atom is 0.274 e. The molecule has 1 saturated heterocycles. The summed E-state index contributed by atoms with van der Waals surface area (Å²) >= 11 is 1.58. The van der Waals surface area contributed by atoms with E-state index in [1.165, 1.54) is 0 Å². The van der Waals surface area contributed by atoms with Crippen LogP contribution in [-0.2, 0) is 0 Å². The number of aryl methyl sites for hydroxylation is 1. The molecule has 1 fully saturated rings. The van der Waals surface area contributed by atoms with Crippen LogP contribution in [0, 0.1) is 12.8 Å². The highest BCUT2D eigenvalue weighted by atomic mass is 32.2. The Hall–Kier alpha value is -2.86. The van der Waals surface area contributed by atoms with Crippen LogP contribution in [0.2, 0.25) is 0 Å². The number of rotatable bonds is 5. The fourth-order valence-corrected chi connectivity index (χ4v) is 4.60. The lowest BCUT2D eigenvalue weighted by Gasteiger charge is -2.32. The first kappa shape index (κ1) is 20.4. The third-order valence-corrected chi connectivity index (χ3v) is 6.38. The molecule has 3 aromatic rings. The summed E-state index contributed by atoms with van der Waals surface area (Å²) in [6, 6.07) is 17.5. The van der Waals surface area contributed by atoms with Gasteiger partial charge < -0.3 is 9.88 Å². The third kappa shape index (κ3) is 4.05. The fourth-order valence-electron chi connectivity index (χ4n) is 3.99. The minimum atomic E-state index is -0.177. The van der Waals surface area contributed by atoms with Crippen molar-refractivity contribution in [1.82, 2.24) is 14.9 Å². The van der Waals surface area contributed by atoms with Gasteiger partial charge in [0.2, 0.25) is 0 Å². The minimum Gasteiger partial charge on any atom is -0.341 e.